The van der Waals surface area contributed by atoms with Crippen molar-refractivity contribution in [3.8, 4) is 6.07 Å². The molecule has 0 amide bonds. The zero-order valence-corrected chi connectivity index (χ0v) is 10.6. The molecule has 0 spiro atoms. The van der Waals surface area contributed by atoms with Gasteiger partial charge >= 0.3 is 5.97 Å². The largest absolute Gasteiger partial charge is 0.394 e. The van der Waals surface area contributed by atoms with Crippen molar-refractivity contribution >= 4 is 5.57 Å². The van der Waals surface area contributed by atoms with Gasteiger partial charge in [-0.2, -0.15) is 5.26 Å². The van der Waals surface area contributed by atoms with E-state index >= 15 is 0 Å². The number of hydrogen-bond donors (Lipinski definition) is 1. The highest BCUT2D eigenvalue weighted by atomic mass is 16.9. The second kappa shape index (κ2) is 6.17. The summed E-state index contributed by atoms with van der Waals surface area (Å²) < 4.78 is 15.4. The van der Waals surface area contributed by atoms with E-state index in [0.29, 0.717) is 5.56 Å². The summed E-state index contributed by atoms with van der Waals surface area (Å²) in [5, 5.41) is 9.25. The Hall–Kier alpha value is -1.87. The van der Waals surface area contributed by atoms with Crippen LogP contribution in [-0.2, 0) is 14.2 Å². The van der Waals surface area contributed by atoms with E-state index in [1.165, 1.54) is 21.3 Å². The third-order valence-corrected chi connectivity index (χ3v) is 2.58. The Morgan fingerprint density at radius 3 is 2.00 bits per heavy atom. The summed E-state index contributed by atoms with van der Waals surface area (Å²) in [6.07, 6.45) is 0. The minimum Gasteiger partial charge on any atom is -0.394 e. The van der Waals surface area contributed by atoms with Crippen LogP contribution in [0.4, 0.5) is 0 Å². The Kier molecular flexibility index (Phi) is 4.86. The maximum Gasteiger partial charge on any atom is 0.327 e. The molecule has 1 aromatic rings. The summed E-state index contributed by atoms with van der Waals surface area (Å²) in [5.41, 5.74) is 6.95. The molecular weight excluding hydrogens is 232 g/mol. The molecule has 5 heteroatoms. The van der Waals surface area contributed by atoms with Gasteiger partial charge in [0.15, 0.2) is 0 Å². The Morgan fingerprint density at radius 1 is 1.11 bits per heavy atom. The molecule has 1 rings (SSSR count). The highest BCUT2D eigenvalue weighted by Crippen LogP contribution is 2.26. The van der Waals surface area contributed by atoms with Gasteiger partial charge in [-0.15, -0.1) is 0 Å². The molecule has 5 nitrogen and oxygen atoms in total. The quantitative estimate of drug-likeness (QED) is 0.630. The van der Waals surface area contributed by atoms with Gasteiger partial charge in [0.1, 0.15) is 11.8 Å². The first-order chi connectivity index (χ1) is 8.65. The van der Waals surface area contributed by atoms with Crippen LogP contribution in [0.3, 0.4) is 0 Å². The van der Waals surface area contributed by atoms with E-state index in [-0.39, 0.29) is 11.3 Å². The van der Waals surface area contributed by atoms with Gasteiger partial charge in [0.2, 0.25) is 0 Å². The van der Waals surface area contributed by atoms with Crippen molar-refractivity contribution in [2.24, 2.45) is 5.73 Å². The van der Waals surface area contributed by atoms with Crippen molar-refractivity contribution < 1.29 is 14.2 Å². The molecule has 0 bridgehead atoms. The molecule has 0 unspecified atom stereocenters. The third-order valence-electron chi connectivity index (χ3n) is 2.58. The van der Waals surface area contributed by atoms with Crippen LogP contribution in [-0.4, -0.2) is 27.3 Å². The van der Waals surface area contributed by atoms with Gasteiger partial charge in [0.05, 0.1) is 5.57 Å². The second-order valence-corrected chi connectivity index (χ2v) is 3.44. The molecule has 2 N–H and O–H groups in total. The first-order valence-electron chi connectivity index (χ1n) is 5.26. The number of nitrogens with zero attached hydrogens (tertiary/aromatic N) is 1. The van der Waals surface area contributed by atoms with Crippen LogP contribution in [0.15, 0.2) is 36.0 Å². The monoisotopic (exact) mass is 248 g/mol. The smallest absolute Gasteiger partial charge is 0.327 e. The molecule has 0 fully saturated rings. The highest BCUT2D eigenvalue weighted by Gasteiger charge is 2.36. The fourth-order valence-corrected chi connectivity index (χ4v) is 1.62. The fourth-order valence-electron chi connectivity index (χ4n) is 1.62. The van der Waals surface area contributed by atoms with Crippen LogP contribution in [0.1, 0.15) is 5.56 Å². The SMILES string of the molecule is COC(OC)(OC)/C(N)=C(\C#N)c1ccccc1. The van der Waals surface area contributed by atoms with Crippen molar-refractivity contribution in [3.63, 3.8) is 0 Å². The van der Waals surface area contributed by atoms with Crippen molar-refractivity contribution in [1.82, 2.24) is 0 Å². The van der Waals surface area contributed by atoms with Crippen LogP contribution in [0.25, 0.3) is 5.57 Å². The molecule has 0 aliphatic heterocycles. The molecule has 96 valence electrons. The van der Waals surface area contributed by atoms with Gasteiger partial charge in [0.25, 0.3) is 0 Å². The second-order valence-electron chi connectivity index (χ2n) is 3.44. The van der Waals surface area contributed by atoms with E-state index in [1.807, 2.05) is 24.3 Å². The summed E-state index contributed by atoms with van der Waals surface area (Å²) in [6, 6.07) is 11.1. The van der Waals surface area contributed by atoms with E-state index in [9.17, 15) is 5.26 Å². The van der Waals surface area contributed by atoms with Crippen LogP contribution in [0.5, 0.6) is 0 Å². The van der Waals surface area contributed by atoms with Crippen molar-refractivity contribution in [2.45, 2.75) is 5.97 Å². The lowest BCUT2D eigenvalue weighted by atomic mass is 10.0. The van der Waals surface area contributed by atoms with Crippen molar-refractivity contribution in [2.75, 3.05) is 21.3 Å². The first kappa shape index (κ1) is 14.2. The first-order valence-corrected chi connectivity index (χ1v) is 5.26. The van der Waals surface area contributed by atoms with Crippen LogP contribution < -0.4 is 5.73 Å². The summed E-state index contributed by atoms with van der Waals surface area (Å²) in [7, 11) is 4.17. The molecule has 0 atom stereocenters. The number of ether oxygens (including phenoxy) is 3. The summed E-state index contributed by atoms with van der Waals surface area (Å²) in [6.45, 7) is 0. The predicted molar refractivity (Wildman–Crippen MR) is 66.9 cm³/mol. The average molecular weight is 248 g/mol. The fraction of sp³-hybridized carbons (Fsp3) is 0.308. The van der Waals surface area contributed by atoms with Crippen LogP contribution in [0.2, 0.25) is 0 Å². The average Bonchev–Trinajstić information content (AvgIpc) is 2.43. The topological polar surface area (TPSA) is 77.5 Å². The number of benzene rings is 1. The zero-order valence-electron chi connectivity index (χ0n) is 10.6. The molecule has 1 aromatic carbocycles. The Morgan fingerprint density at radius 2 is 1.61 bits per heavy atom. The lowest BCUT2D eigenvalue weighted by molar-refractivity contribution is -0.326. The highest BCUT2D eigenvalue weighted by molar-refractivity contribution is 5.79. The van der Waals surface area contributed by atoms with E-state index in [4.69, 9.17) is 19.9 Å². The molecule has 0 heterocycles. The molecule has 18 heavy (non-hydrogen) atoms. The number of hydrogen-bond acceptors (Lipinski definition) is 5. The van der Waals surface area contributed by atoms with Gasteiger partial charge in [0, 0.05) is 21.3 Å². The number of nitriles is 1. The van der Waals surface area contributed by atoms with Crippen molar-refractivity contribution in [1.29, 1.82) is 5.26 Å². The van der Waals surface area contributed by atoms with Gasteiger partial charge in [-0.05, 0) is 5.56 Å². The lowest BCUT2D eigenvalue weighted by Crippen LogP contribution is -2.42. The minimum absolute atomic E-state index is 0.0729. The molecular formula is C13H16N2O3. The lowest BCUT2D eigenvalue weighted by Gasteiger charge is -2.29. The maximum absolute atomic E-state index is 9.25. The summed E-state index contributed by atoms with van der Waals surface area (Å²) in [4.78, 5) is 0. The van der Waals surface area contributed by atoms with Crippen LogP contribution >= 0.6 is 0 Å². The normalized spacial score (nSPS) is 12.8. The number of rotatable bonds is 5. The Bertz CT molecular complexity index is 451. The Balaban J connectivity index is 3.36. The maximum atomic E-state index is 9.25. The number of nitrogens with two attached hydrogens (primary N) is 1. The molecule has 0 radical (unpaired) electrons. The van der Waals surface area contributed by atoms with E-state index < -0.39 is 5.97 Å². The standard InChI is InChI=1S/C13H16N2O3/c1-16-13(17-2,18-3)12(15)11(9-14)10-7-5-4-6-8-10/h4-8H,15H2,1-3H3/b12-11-. The molecule has 0 saturated carbocycles. The van der Waals surface area contributed by atoms with E-state index in [2.05, 4.69) is 0 Å². The van der Waals surface area contributed by atoms with Crippen molar-refractivity contribution in [3.05, 3.63) is 41.6 Å². The predicted octanol–water partition coefficient (Wildman–Crippen LogP) is 1.47. The summed E-state index contributed by atoms with van der Waals surface area (Å²) >= 11 is 0. The zero-order chi connectivity index (χ0) is 13.6. The number of allylic oxidation sites excluding steroid dienone is 1. The minimum atomic E-state index is -1.55. The Labute approximate surface area is 106 Å². The van der Waals surface area contributed by atoms with Gasteiger partial charge in [-0.3, -0.25) is 0 Å². The molecule has 0 aromatic heterocycles. The van der Waals surface area contributed by atoms with Crippen LogP contribution in [0, 0.1) is 11.3 Å². The van der Waals surface area contributed by atoms with E-state index in [0.717, 1.165) is 0 Å². The molecule has 0 aliphatic carbocycles. The van der Waals surface area contributed by atoms with Gasteiger partial charge in [-0.25, -0.2) is 0 Å². The third kappa shape index (κ3) is 2.51. The summed E-state index contributed by atoms with van der Waals surface area (Å²) in [5.74, 6) is -1.55. The molecule has 0 aliphatic rings. The van der Waals surface area contributed by atoms with Gasteiger partial charge in [-0.1, -0.05) is 30.3 Å². The molecule has 0 saturated heterocycles. The van der Waals surface area contributed by atoms with Gasteiger partial charge < -0.3 is 19.9 Å². The van der Waals surface area contributed by atoms with E-state index in [1.54, 1.807) is 12.1 Å². The number of methoxy groups -OCH3 is 3.